The van der Waals surface area contributed by atoms with Gasteiger partial charge in [-0.2, -0.15) is 16.9 Å². The van der Waals surface area contributed by atoms with Crippen LogP contribution < -0.4 is 5.32 Å². The summed E-state index contributed by atoms with van der Waals surface area (Å²) in [6, 6.07) is 2.67. The first kappa shape index (κ1) is 10.1. The van der Waals surface area contributed by atoms with Crippen molar-refractivity contribution in [2.75, 3.05) is 12.3 Å². The topological polar surface area (TPSA) is 29.9 Å². The summed E-state index contributed by atoms with van der Waals surface area (Å²) in [7, 11) is 0. The minimum Gasteiger partial charge on any atom is -0.311 e. The van der Waals surface area contributed by atoms with E-state index in [1.165, 1.54) is 12.2 Å². The lowest BCUT2D eigenvalue weighted by atomic mass is 10.2. The van der Waals surface area contributed by atoms with E-state index in [0.29, 0.717) is 6.04 Å². The third kappa shape index (κ3) is 2.51. The van der Waals surface area contributed by atoms with E-state index in [2.05, 4.69) is 29.1 Å². The molecule has 1 aromatic heterocycles. The molecule has 0 aromatic carbocycles. The minimum atomic E-state index is 0.704. The zero-order valence-electron chi connectivity index (χ0n) is 8.52. The molecule has 1 aliphatic rings. The zero-order chi connectivity index (χ0) is 9.80. The van der Waals surface area contributed by atoms with Crippen LogP contribution in [0.3, 0.4) is 0 Å². The molecule has 4 heteroatoms. The Kier molecular flexibility index (Phi) is 3.48. The summed E-state index contributed by atoms with van der Waals surface area (Å²) in [5.74, 6) is 1.31. The molecule has 1 fully saturated rings. The molecular weight excluding hydrogens is 194 g/mol. The molecule has 0 radical (unpaired) electrons. The highest BCUT2D eigenvalue weighted by molar-refractivity contribution is 8.00. The SMILES string of the molecule is CC1SCCC1NCCn1cccn1. The van der Waals surface area contributed by atoms with Crippen molar-refractivity contribution in [3.8, 4) is 0 Å². The van der Waals surface area contributed by atoms with Crippen molar-refractivity contribution < 1.29 is 0 Å². The Bertz CT molecular complexity index is 260. The second kappa shape index (κ2) is 4.84. The van der Waals surface area contributed by atoms with Gasteiger partial charge in [-0.3, -0.25) is 4.68 Å². The van der Waals surface area contributed by atoms with Crippen LogP contribution in [0.2, 0.25) is 0 Å². The summed E-state index contributed by atoms with van der Waals surface area (Å²) in [6.45, 7) is 4.31. The molecule has 14 heavy (non-hydrogen) atoms. The Morgan fingerprint density at radius 1 is 1.64 bits per heavy atom. The van der Waals surface area contributed by atoms with Gasteiger partial charge in [0, 0.05) is 30.2 Å². The summed E-state index contributed by atoms with van der Waals surface area (Å²) in [5.41, 5.74) is 0. The Labute approximate surface area is 89.3 Å². The van der Waals surface area contributed by atoms with Crippen LogP contribution in [0.4, 0.5) is 0 Å². The van der Waals surface area contributed by atoms with Crippen LogP contribution >= 0.6 is 11.8 Å². The third-order valence-corrected chi connectivity index (χ3v) is 4.01. The first-order valence-electron chi connectivity index (χ1n) is 5.18. The largest absolute Gasteiger partial charge is 0.311 e. The van der Waals surface area contributed by atoms with E-state index >= 15 is 0 Å². The van der Waals surface area contributed by atoms with Crippen molar-refractivity contribution in [2.24, 2.45) is 0 Å². The van der Waals surface area contributed by atoms with Crippen molar-refractivity contribution >= 4 is 11.8 Å². The van der Waals surface area contributed by atoms with E-state index in [-0.39, 0.29) is 0 Å². The van der Waals surface area contributed by atoms with Crippen molar-refractivity contribution in [2.45, 2.75) is 31.2 Å². The number of rotatable bonds is 4. The molecule has 1 aromatic rings. The lowest BCUT2D eigenvalue weighted by Crippen LogP contribution is -2.35. The molecule has 2 rings (SSSR count). The quantitative estimate of drug-likeness (QED) is 0.815. The number of nitrogens with one attached hydrogen (secondary N) is 1. The lowest BCUT2D eigenvalue weighted by Gasteiger charge is -2.16. The van der Waals surface area contributed by atoms with Crippen LogP contribution in [0.25, 0.3) is 0 Å². The maximum absolute atomic E-state index is 4.17. The molecule has 1 saturated heterocycles. The van der Waals surface area contributed by atoms with Crippen LogP contribution in [0.15, 0.2) is 18.5 Å². The highest BCUT2D eigenvalue weighted by Gasteiger charge is 2.22. The van der Waals surface area contributed by atoms with Crippen molar-refractivity contribution in [3.05, 3.63) is 18.5 Å². The second-order valence-corrected chi connectivity index (χ2v) is 5.18. The van der Waals surface area contributed by atoms with Crippen LogP contribution in [0.5, 0.6) is 0 Å². The third-order valence-electron chi connectivity index (χ3n) is 2.68. The van der Waals surface area contributed by atoms with Crippen LogP contribution in [-0.2, 0) is 6.54 Å². The maximum Gasteiger partial charge on any atom is 0.0534 e. The molecule has 1 N–H and O–H groups in total. The first-order valence-corrected chi connectivity index (χ1v) is 6.23. The average Bonchev–Trinajstić information content (AvgIpc) is 2.78. The van der Waals surface area contributed by atoms with Crippen molar-refractivity contribution in [1.29, 1.82) is 0 Å². The summed E-state index contributed by atoms with van der Waals surface area (Å²) < 4.78 is 1.97. The molecule has 0 amide bonds. The predicted octanol–water partition coefficient (Wildman–Crippen LogP) is 1.37. The van der Waals surface area contributed by atoms with Gasteiger partial charge in [0.2, 0.25) is 0 Å². The fourth-order valence-corrected chi connectivity index (χ4v) is 3.02. The molecule has 0 aliphatic carbocycles. The zero-order valence-corrected chi connectivity index (χ0v) is 9.33. The smallest absolute Gasteiger partial charge is 0.0534 e. The standard InChI is InChI=1S/C10H17N3S/c1-9-10(3-8-14-9)11-5-7-13-6-2-4-12-13/h2,4,6,9-11H,3,5,7-8H2,1H3. The molecule has 2 heterocycles. The van der Waals surface area contributed by atoms with E-state index in [9.17, 15) is 0 Å². The molecule has 2 unspecified atom stereocenters. The number of hydrogen-bond donors (Lipinski definition) is 1. The molecule has 0 saturated carbocycles. The molecule has 2 atom stereocenters. The van der Waals surface area contributed by atoms with Crippen LogP contribution in [0.1, 0.15) is 13.3 Å². The fourth-order valence-electron chi connectivity index (χ4n) is 1.80. The van der Waals surface area contributed by atoms with Gasteiger partial charge in [0.1, 0.15) is 0 Å². The second-order valence-electron chi connectivity index (χ2n) is 3.69. The van der Waals surface area contributed by atoms with E-state index in [0.717, 1.165) is 18.3 Å². The van der Waals surface area contributed by atoms with E-state index in [4.69, 9.17) is 0 Å². The highest BCUT2D eigenvalue weighted by atomic mass is 32.2. The normalized spacial score (nSPS) is 26.9. The van der Waals surface area contributed by atoms with Gasteiger partial charge in [-0.15, -0.1) is 0 Å². The minimum absolute atomic E-state index is 0.704. The molecule has 1 aliphatic heterocycles. The molecule has 78 valence electrons. The first-order chi connectivity index (χ1) is 6.86. The van der Waals surface area contributed by atoms with E-state index < -0.39 is 0 Å². The Hall–Kier alpha value is -0.480. The number of nitrogens with zero attached hydrogens (tertiary/aromatic N) is 2. The van der Waals surface area contributed by atoms with Gasteiger partial charge >= 0.3 is 0 Å². The van der Waals surface area contributed by atoms with Crippen LogP contribution in [-0.4, -0.2) is 33.4 Å². The summed E-state index contributed by atoms with van der Waals surface area (Å²) >= 11 is 2.07. The monoisotopic (exact) mass is 211 g/mol. The fraction of sp³-hybridized carbons (Fsp3) is 0.700. The lowest BCUT2D eigenvalue weighted by molar-refractivity contribution is 0.474. The maximum atomic E-state index is 4.17. The summed E-state index contributed by atoms with van der Waals surface area (Å²) in [6.07, 6.45) is 5.15. The van der Waals surface area contributed by atoms with Gasteiger partial charge in [-0.1, -0.05) is 6.92 Å². The molecular formula is C10H17N3S. The average molecular weight is 211 g/mol. The van der Waals surface area contributed by atoms with Gasteiger partial charge in [0.25, 0.3) is 0 Å². The summed E-state index contributed by atoms with van der Waals surface area (Å²) in [5, 5.41) is 8.53. The summed E-state index contributed by atoms with van der Waals surface area (Å²) in [4.78, 5) is 0. The predicted molar refractivity (Wildman–Crippen MR) is 60.6 cm³/mol. The van der Waals surface area contributed by atoms with Gasteiger partial charge in [-0.25, -0.2) is 0 Å². The van der Waals surface area contributed by atoms with Crippen molar-refractivity contribution in [1.82, 2.24) is 15.1 Å². The Morgan fingerprint density at radius 3 is 3.21 bits per heavy atom. The Balaban J connectivity index is 1.68. The van der Waals surface area contributed by atoms with Gasteiger partial charge in [0.05, 0.1) is 6.54 Å². The Morgan fingerprint density at radius 2 is 2.57 bits per heavy atom. The highest BCUT2D eigenvalue weighted by Crippen LogP contribution is 2.25. The number of thioether (sulfide) groups is 1. The number of hydrogen-bond acceptors (Lipinski definition) is 3. The van der Waals surface area contributed by atoms with Gasteiger partial charge < -0.3 is 5.32 Å². The molecule has 0 spiro atoms. The number of aromatic nitrogens is 2. The van der Waals surface area contributed by atoms with Crippen LogP contribution in [0, 0.1) is 0 Å². The molecule has 3 nitrogen and oxygen atoms in total. The van der Waals surface area contributed by atoms with E-state index in [1.807, 2.05) is 23.1 Å². The van der Waals surface area contributed by atoms with Crippen molar-refractivity contribution in [3.63, 3.8) is 0 Å². The molecule has 0 bridgehead atoms. The van der Waals surface area contributed by atoms with E-state index in [1.54, 1.807) is 0 Å². The van der Waals surface area contributed by atoms with Gasteiger partial charge in [-0.05, 0) is 18.2 Å². The van der Waals surface area contributed by atoms with Gasteiger partial charge in [0.15, 0.2) is 0 Å².